The van der Waals surface area contributed by atoms with Crippen LogP contribution in [0.2, 0.25) is 0 Å². The Labute approximate surface area is 172 Å². The monoisotopic (exact) mass is 404 g/mol. The van der Waals surface area contributed by atoms with E-state index in [1.54, 1.807) is 41.5 Å². The minimum atomic E-state index is -0.905. The van der Waals surface area contributed by atoms with E-state index in [1.165, 1.54) is 0 Å². The lowest BCUT2D eigenvalue weighted by Crippen LogP contribution is -2.47. The van der Waals surface area contributed by atoms with Gasteiger partial charge in [0.05, 0.1) is 6.61 Å². The fourth-order valence-electron chi connectivity index (χ4n) is 3.01. The molecule has 0 aliphatic carbocycles. The molecular formula is C22H32N2O5. The minimum absolute atomic E-state index is 0.00374. The second kappa shape index (κ2) is 8.86. The van der Waals surface area contributed by atoms with Crippen molar-refractivity contribution in [2.45, 2.75) is 71.8 Å². The van der Waals surface area contributed by atoms with Crippen molar-refractivity contribution in [2.75, 3.05) is 6.61 Å². The lowest BCUT2D eigenvalue weighted by atomic mass is 10.0. The first-order valence-electron chi connectivity index (χ1n) is 9.79. The van der Waals surface area contributed by atoms with Gasteiger partial charge in [0, 0.05) is 30.1 Å². The van der Waals surface area contributed by atoms with Crippen LogP contribution in [0, 0.1) is 0 Å². The zero-order chi connectivity index (χ0) is 21.8. The summed E-state index contributed by atoms with van der Waals surface area (Å²) in [5.74, 6) is -0.526. The molecule has 0 unspecified atom stereocenters. The van der Waals surface area contributed by atoms with Crippen molar-refractivity contribution >= 4 is 23.0 Å². The summed E-state index contributed by atoms with van der Waals surface area (Å²) in [5, 5.41) is 13.0. The van der Waals surface area contributed by atoms with Gasteiger partial charge in [-0.3, -0.25) is 0 Å². The number of hydrogen-bond acceptors (Lipinski definition) is 5. The molecule has 0 fully saturated rings. The highest BCUT2D eigenvalue weighted by molar-refractivity contribution is 5.86. The van der Waals surface area contributed by atoms with Gasteiger partial charge in [0.15, 0.2) is 0 Å². The van der Waals surface area contributed by atoms with Crippen molar-refractivity contribution in [3.63, 3.8) is 0 Å². The zero-order valence-corrected chi connectivity index (χ0v) is 18.1. The van der Waals surface area contributed by atoms with Crippen LogP contribution < -0.4 is 5.32 Å². The normalized spacial score (nSPS) is 13.2. The number of amides is 1. The Morgan fingerprint density at radius 3 is 2.28 bits per heavy atom. The molecule has 0 saturated heterocycles. The third-order valence-electron chi connectivity index (χ3n) is 4.02. The standard InChI is InChI=1S/C22H32N2O5/c1-21(2,3)28-19(26)17(23-20(27)29-22(4,5)6)13-15-14-24(11-12-25)18-10-8-7-9-16(15)18/h7-10,14,17,25H,11-13H2,1-6H3,(H,23,27)/t17-/m1/s1. The smallest absolute Gasteiger partial charge is 0.408 e. The number of nitrogens with zero attached hydrogens (tertiary/aromatic N) is 1. The minimum Gasteiger partial charge on any atom is -0.458 e. The summed E-state index contributed by atoms with van der Waals surface area (Å²) in [4.78, 5) is 25.1. The van der Waals surface area contributed by atoms with Gasteiger partial charge in [0.25, 0.3) is 0 Å². The lowest BCUT2D eigenvalue weighted by molar-refractivity contribution is -0.157. The molecule has 29 heavy (non-hydrogen) atoms. The van der Waals surface area contributed by atoms with Gasteiger partial charge in [-0.15, -0.1) is 0 Å². The molecule has 0 aliphatic heterocycles. The van der Waals surface area contributed by atoms with Crippen molar-refractivity contribution in [1.82, 2.24) is 9.88 Å². The number of carbonyl (C=O) groups excluding carboxylic acids is 2. The van der Waals surface area contributed by atoms with Crippen LogP contribution in [0.25, 0.3) is 10.9 Å². The van der Waals surface area contributed by atoms with Gasteiger partial charge in [-0.05, 0) is 53.2 Å². The fourth-order valence-corrected chi connectivity index (χ4v) is 3.01. The molecule has 0 radical (unpaired) electrons. The van der Waals surface area contributed by atoms with Gasteiger partial charge in [-0.25, -0.2) is 9.59 Å². The first-order chi connectivity index (χ1) is 13.4. The molecule has 0 saturated carbocycles. The van der Waals surface area contributed by atoms with Crippen LogP contribution in [-0.4, -0.2) is 45.6 Å². The lowest BCUT2D eigenvalue weighted by Gasteiger charge is -2.26. The van der Waals surface area contributed by atoms with E-state index >= 15 is 0 Å². The molecular weight excluding hydrogens is 372 g/mol. The number of benzene rings is 1. The largest absolute Gasteiger partial charge is 0.458 e. The number of aliphatic hydroxyl groups is 1. The third-order valence-corrected chi connectivity index (χ3v) is 4.02. The number of alkyl carbamates (subject to hydrolysis) is 1. The summed E-state index contributed by atoms with van der Waals surface area (Å²) in [6.45, 7) is 11.1. The summed E-state index contributed by atoms with van der Waals surface area (Å²) in [7, 11) is 0. The number of hydrogen-bond donors (Lipinski definition) is 2. The van der Waals surface area contributed by atoms with Crippen LogP contribution in [0.3, 0.4) is 0 Å². The quantitative estimate of drug-likeness (QED) is 0.720. The first kappa shape index (κ1) is 22.7. The Morgan fingerprint density at radius 1 is 1.07 bits per heavy atom. The van der Waals surface area contributed by atoms with E-state index in [1.807, 2.05) is 35.0 Å². The van der Waals surface area contributed by atoms with E-state index in [0.29, 0.717) is 6.54 Å². The maximum absolute atomic E-state index is 12.8. The molecule has 2 N–H and O–H groups in total. The molecule has 2 aromatic rings. The van der Waals surface area contributed by atoms with Crippen molar-refractivity contribution in [3.8, 4) is 0 Å². The van der Waals surface area contributed by atoms with Crippen LogP contribution in [0.1, 0.15) is 47.1 Å². The van der Waals surface area contributed by atoms with Crippen molar-refractivity contribution in [2.24, 2.45) is 0 Å². The van der Waals surface area contributed by atoms with E-state index in [0.717, 1.165) is 16.5 Å². The van der Waals surface area contributed by atoms with E-state index in [-0.39, 0.29) is 13.0 Å². The van der Waals surface area contributed by atoms with Gasteiger partial charge in [-0.1, -0.05) is 18.2 Å². The number of fused-ring (bicyclic) bond motifs is 1. The van der Waals surface area contributed by atoms with Crippen LogP contribution in [-0.2, 0) is 27.2 Å². The van der Waals surface area contributed by atoms with E-state index in [4.69, 9.17) is 9.47 Å². The van der Waals surface area contributed by atoms with Gasteiger partial charge < -0.3 is 24.5 Å². The maximum Gasteiger partial charge on any atom is 0.408 e. The maximum atomic E-state index is 12.8. The van der Waals surface area contributed by atoms with Crippen molar-refractivity contribution in [1.29, 1.82) is 0 Å². The van der Waals surface area contributed by atoms with Crippen molar-refractivity contribution < 1.29 is 24.2 Å². The molecule has 0 aliphatic rings. The van der Waals surface area contributed by atoms with Gasteiger partial charge in [0.1, 0.15) is 17.2 Å². The summed E-state index contributed by atoms with van der Waals surface area (Å²) in [5.41, 5.74) is 0.466. The van der Waals surface area contributed by atoms with Gasteiger partial charge in [0.2, 0.25) is 0 Å². The van der Waals surface area contributed by atoms with E-state index in [2.05, 4.69) is 5.32 Å². The number of carbonyl (C=O) groups is 2. The zero-order valence-electron chi connectivity index (χ0n) is 18.1. The fraction of sp³-hybridized carbons (Fsp3) is 0.545. The molecule has 1 heterocycles. The molecule has 160 valence electrons. The molecule has 1 atom stereocenters. The molecule has 1 amide bonds. The highest BCUT2D eigenvalue weighted by atomic mass is 16.6. The third kappa shape index (κ3) is 6.78. The second-order valence-corrected chi connectivity index (χ2v) is 9.02. The molecule has 7 heteroatoms. The number of aromatic nitrogens is 1. The second-order valence-electron chi connectivity index (χ2n) is 9.02. The Balaban J connectivity index is 2.33. The number of rotatable bonds is 6. The Kier molecular flexibility index (Phi) is 6.95. The molecule has 0 bridgehead atoms. The van der Waals surface area contributed by atoms with Crippen LogP contribution in [0.4, 0.5) is 4.79 Å². The average molecular weight is 405 g/mol. The Hall–Kier alpha value is -2.54. The van der Waals surface area contributed by atoms with Crippen LogP contribution in [0.5, 0.6) is 0 Å². The van der Waals surface area contributed by atoms with Crippen LogP contribution in [0.15, 0.2) is 30.5 Å². The van der Waals surface area contributed by atoms with Gasteiger partial charge >= 0.3 is 12.1 Å². The molecule has 1 aromatic heterocycles. The number of para-hydroxylation sites is 1. The van der Waals surface area contributed by atoms with Gasteiger partial charge in [-0.2, -0.15) is 0 Å². The van der Waals surface area contributed by atoms with E-state index in [9.17, 15) is 14.7 Å². The highest BCUT2D eigenvalue weighted by Crippen LogP contribution is 2.23. The number of nitrogens with one attached hydrogen (secondary N) is 1. The molecule has 7 nitrogen and oxygen atoms in total. The summed E-state index contributed by atoms with van der Waals surface area (Å²) in [6, 6.07) is 6.84. The SMILES string of the molecule is CC(C)(C)OC(=O)N[C@H](Cc1cn(CCO)c2ccccc12)C(=O)OC(C)(C)C. The summed E-state index contributed by atoms with van der Waals surface area (Å²) < 4.78 is 12.8. The summed E-state index contributed by atoms with van der Waals surface area (Å²) >= 11 is 0. The van der Waals surface area contributed by atoms with Crippen LogP contribution >= 0.6 is 0 Å². The Bertz CT molecular complexity index is 858. The predicted octanol–water partition coefficient (Wildman–Crippen LogP) is 3.41. The number of aliphatic hydroxyl groups excluding tert-OH is 1. The average Bonchev–Trinajstić information content (AvgIpc) is 2.89. The number of ether oxygens (including phenoxy) is 2. The molecule has 1 aromatic carbocycles. The molecule has 0 spiro atoms. The topological polar surface area (TPSA) is 89.8 Å². The Morgan fingerprint density at radius 2 is 1.69 bits per heavy atom. The number of esters is 1. The predicted molar refractivity (Wildman–Crippen MR) is 112 cm³/mol. The molecule has 2 rings (SSSR count). The highest BCUT2D eigenvalue weighted by Gasteiger charge is 2.29. The first-order valence-corrected chi connectivity index (χ1v) is 9.79. The van der Waals surface area contributed by atoms with Crippen molar-refractivity contribution in [3.05, 3.63) is 36.0 Å². The van der Waals surface area contributed by atoms with E-state index < -0.39 is 29.3 Å². The summed E-state index contributed by atoms with van der Waals surface area (Å²) in [6.07, 6.45) is 1.47.